The van der Waals surface area contributed by atoms with Crippen LogP contribution in [0.1, 0.15) is 11.1 Å². The smallest absolute Gasteiger partial charge is 0.144 e. The Balaban J connectivity index is 0.00000208. The van der Waals surface area contributed by atoms with Crippen LogP contribution >= 0.6 is 12.4 Å². The molecule has 24 heavy (non-hydrogen) atoms. The van der Waals surface area contributed by atoms with E-state index >= 15 is 0 Å². The van der Waals surface area contributed by atoms with Gasteiger partial charge in [0.25, 0.3) is 0 Å². The maximum atomic E-state index is 5.17. The van der Waals surface area contributed by atoms with Crippen LogP contribution in [0, 0.1) is 0 Å². The number of anilines is 1. The van der Waals surface area contributed by atoms with Crippen molar-refractivity contribution in [3.05, 3.63) is 78.0 Å². The van der Waals surface area contributed by atoms with Crippen LogP contribution < -0.4 is 10.2 Å². The standard InChI is InChI=1S/C18H18N4O.ClH/c1-23-17-9-7-16(8-10-17)14-22-18(11-12-20-22)21-19-13-15-5-3-2-4-6-15;/h2-13,21H,14H2,1H3;1H/b19-13+;. The molecule has 1 heterocycles. The van der Waals surface area contributed by atoms with E-state index in [4.69, 9.17) is 4.74 Å². The SMILES string of the molecule is COc1ccc(Cn2nccc2N/N=C/c2ccccc2)cc1.Cl. The first-order valence-corrected chi connectivity index (χ1v) is 7.34. The third kappa shape index (κ3) is 4.60. The van der Waals surface area contributed by atoms with Gasteiger partial charge in [0.2, 0.25) is 0 Å². The van der Waals surface area contributed by atoms with Gasteiger partial charge in [-0.1, -0.05) is 42.5 Å². The molecule has 3 aromatic rings. The van der Waals surface area contributed by atoms with Gasteiger partial charge in [0, 0.05) is 6.07 Å². The Bertz CT molecular complexity index is 769. The molecule has 1 N–H and O–H groups in total. The van der Waals surface area contributed by atoms with Crippen LogP contribution in [0.5, 0.6) is 5.75 Å². The van der Waals surface area contributed by atoms with E-state index < -0.39 is 0 Å². The van der Waals surface area contributed by atoms with Crippen molar-refractivity contribution in [1.82, 2.24) is 9.78 Å². The summed E-state index contributed by atoms with van der Waals surface area (Å²) in [4.78, 5) is 0. The summed E-state index contributed by atoms with van der Waals surface area (Å²) in [5.74, 6) is 1.69. The fourth-order valence-electron chi connectivity index (χ4n) is 2.17. The molecule has 0 amide bonds. The number of aromatic nitrogens is 2. The second-order valence-electron chi connectivity index (χ2n) is 5.00. The average molecular weight is 343 g/mol. The minimum Gasteiger partial charge on any atom is -0.497 e. The van der Waals surface area contributed by atoms with Gasteiger partial charge in [0.1, 0.15) is 11.6 Å². The molecule has 0 unspecified atom stereocenters. The van der Waals surface area contributed by atoms with Gasteiger partial charge in [-0.25, -0.2) is 4.68 Å². The summed E-state index contributed by atoms with van der Waals surface area (Å²) < 4.78 is 7.03. The quantitative estimate of drug-likeness (QED) is 0.547. The summed E-state index contributed by atoms with van der Waals surface area (Å²) in [6, 6.07) is 19.8. The Labute approximate surface area is 147 Å². The molecular weight excluding hydrogens is 324 g/mol. The van der Waals surface area contributed by atoms with Crippen molar-refractivity contribution < 1.29 is 4.74 Å². The molecule has 1 aromatic heterocycles. The van der Waals surface area contributed by atoms with Crippen LogP contribution in [-0.4, -0.2) is 23.1 Å². The summed E-state index contributed by atoms with van der Waals surface area (Å²) in [6.45, 7) is 0.667. The van der Waals surface area contributed by atoms with Crippen molar-refractivity contribution in [2.24, 2.45) is 5.10 Å². The minimum atomic E-state index is 0. The second-order valence-corrected chi connectivity index (χ2v) is 5.00. The number of hydrazone groups is 1. The van der Waals surface area contributed by atoms with Crippen molar-refractivity contribution >= 4 is 24.4 Å². The number of nitrogens with zero attached hydrogens (tertiary/aromatic N) is 3. The van der Waals surface area contributed by atoms with Gasteiger partial charge in [0.15, 0.2) is 0 Å². The fraction of sp³-hybridized carbons (Fsp3) is 0.111. The van der Waals surface area contributed by atoms with Crippen LogP contribution in [0.2, 0.25) is 0 Å². The molecule has 0 saturated carbocycles. The number of hydrogen-bond acceptors (Lipinski definition) is 4. The van der Waals surface area contributed by atoms with Crippen molar-refractivity contribution in [2.45, 2.75) is 6.54 Å². The van der Waals surface area contributed by atoms with Gasteiger partial charge in [-0.05, 0) is 23.3 Å². The molecule has 0 saturated heterocycles. The number of hydrogen-bond donors (Lipinski definition) is 1. The van der Waals surface area contributed by atoms with E-state index in [-0.39, 0.29) is 12.4 Å². The zero-order valence-corrected chi connectivity index (χ0v) is 14.1. The number of ether oxygens (including phenoxy) is 1. The van der Waals surface area contributed by atoms with E-state index in [1.807, 2.05) is 65.3 Å². The first kappa shape index (κ1) is 17.6. The zero-order chi connectivity index (χ0) is 15.9. The largest absolute Gasteiger partial charge is 0.497 e. The zero-order valence-electron chi connectivity index (χ0n) is 13.3. The molecular formula is C18H19ClN4O. The van der Waals surface area contributed by atoms with E-state index in [0.717, 1.165) is 22.7 Å². The molecule has 3 rings (SSSR count). The number of rotatable bonds is 6. The summed E-state index contributed by atoms with van der Waals surface area (Å²) in [5, 5.41) is 8.59. The first-order valence-electron chi connectivity index (χ1n) is 7.34. The highest BCUT2D eigenvalue weighted by molar-refractivity contribution is 5.85. The molecule has 0 spiro atoms. The average Bonchev–Trinajstić information content (AvgIpc) is 3.04. The van der Waals surface area contributed by atoms with Gasteiger partial charge in [-0.15, -0.1) is 12.4 Å². The summed E-state index contributed by atoms with van der Waals surface area (Å²) in [6.07, 6.45) is 3.54. The lowest BCUT2D eigenvalue weighted by atomic mass is 10.2. The second kappa shape index (κ2) is 8.74. The van der Waals surface area contributed by atoms with E-state index in [0.29, 0.717) is 6.54 Å². The molecule has 0 aliphatic rings. The maximum absolute atomic E-state index is 5.17. The monoisotopic (exact) mass is 342 g/mol. The van der Waals surface area contributed by atoms with Crippen LogP contribution in [-0.2, 0) is 6.54 Å². The van der Waals surface area contributed by atoms with Crippen molar-refractivity contribution in [1.29, 1.82) is 0 Å². The van der Waals surface area contributed by atoms with Gasteiger partial charge >= 0.3 is 0 Å². The molecule has 0 atom stereocenters. The third-order valence-corrected chi connectivity index (χ3v) is 3.40. The predicted molar refractivity (Wildman–Crippen MR) is 99.2 cm³/mol. The maximum Gasteiger partial charge on any atom is 0.144 e. The van der Waals surface area contributed by atoms with Crippen molar-refractivity contribution in [2.75, 3.05) is 12.5 Å². The Morgan fingerprint density at radius 3 is 2.54 bits per heavy atom. The van der Waals surface area contributed by atoms with Gasteiger partial charge in [0.05, 0.1) is 26.1 Å². The van der Waals surface area contributed by atoms with E-state index in [1.165, 1.54) is 0 Å². The molecule has 5 nitrogen and oxygen atoms in total. The normalized spacial score (nSPS) is 10.4. The topological polar surface area (TPSA) is 51.4 Å². The molecule has 6 heteroatoms. The Kier molecular flexibility index (Phi) is 6.40. The highest BCUT2D eigenvalue weighted by Gasteiger charge is 2.02. The lowest BCUT2D eigenvalue weighted by molar-refractivity contribution is 0.414. The Morgan fingerprint density at radius 2 is 1.83 bits per heavy atom. The third-order valence-electron chi connectivity index (χ3n) is 3.40. The van der Waals surface area contributed by atoms with Crippen LogP contribution in [0.15, 0.2) is 72.0 Å². The van der Waals surface area contributed by atoms with E-state index in [9.17, 15) is 0 Å². The fourth-order valence-corrected chi connectivity index (χ4v) is 2.17. The highest BCUT2D eigenvalue weighted by Crippen LogP contribution is 2.14. The summed E-state index contributed by atoms with van der Waals surface area (Å²) in [5.41, 5.74) is 5.22. The predicted octanol–water partition coefficient (Wildman–Crippen LogP) is 3.81. The summed E-state index contributed by atoms with van der Waals surface area (Å²) >= 11 is 0. The minimum absolute atomic E-state index is 0. The number of nitrogens with one attached hydrogen (secondary N) is 1. The molecule has 0 radical (unpaired) electrons. The van der Waals surface area contributed by atoms with Crippen LogP contribution in [0.4, 0.5) is 5.82 Å². The molecule has 124 valence electrons. The van der Waals surface area contributed by atoms with E-state index in [1.54, 1.807) is 19.5 Å². The number of methoxy groups -OCH3 is 1. The Hall–Kier alpha value is -2.79. The molecule has 0 aliphatic heterocycles. The van der Waals surface area contributed by atoms with Crippen molar-refractivity contribution in [3.8, 4) is 5.75 Å². The highest BCUT2D eigenvalue weighted by atomic mass is 35.5. The molecule has 0 bridgehead atoms. The van der Waals surface area contributed by atoms with Gasteiger partial charge in [-0.3, -0.25) is 5.43 Å². The molecule has 0 fully saturated rings. The lowest BCUT2D eigenvalue weighted by Gasteiger charge is -2.07. The first-order chi connectivity index (χ1) is 11.3. The number of benzene rings is 2. The lowest BCUT2D eigenvalue weighted by Crippen LogP contribution is -2.06. The van der Waals surface area contributed by atoms with Gasteiger partial charge in [-0.2, -0.15) is 10.2 Å². The van der Waals surface area contributed by atoms with Crippen molar-refractivity contribution in [3.63, 3.8) is 0 Å². The molecule has 2 aromatic carbocycles. The van der Waals surface area contributed by atoms with Crippen LogP contribution in [0.3, 0.4) is 0 Å². The van der Waals surface area contributed by atoms with Gasteiger partial charge < -0.3 is 4.74 Å². The summed E-state index contributed by atoms with van der Waals surface area (Å²) in [7, 11) is 1.66. The Morgan fingerprint density at radius 1 is 1.08 bits per heavy atom. The van der Waals surface area contributed by atoms with E-state index in [2.05, 4.69) is 15.6 Å². The molecule has 0 aliphatic carbocycles. The van der Waals surface area contributed by atoms with Crippen LogP contribution in [0.25, 0.3) is 0 Å². The number of halogens is 1.